The fourth-order valence-electron chi connectivity index (χ4n) is 1.60. The Morgan fingerprint density at radius 1 is 0.941 bits per heavy atom. The molecule has 0 amide bonds. The summed E-state index contributed by atoms with van der Waals surface area (Å²) in [6.45, 7) is 9.20. The fourth-order valence-corrected chi connectivity index (χ4v) is 1.60. The van der Waals surface area contributed by atoms with Gasteiger partial charge in [0.1, 0.15) is 0 Å². The Morgan fingerprint density at radius 3 is 2.35 bits per heavy atom. The summed E-state index contributed by atoms with van der Waals surface area (Å²) in [6.07, 6.45) is 2.86. The quantitative estimate of drug-likeness (QED) is 0.669. The van der Waals surface area contributed by atoms with Crippen molar-refractivity contribution in [2.24, 2.45) is 0 Å². The molecule has 0 aromatic carbocycles. The smallest absolute Gasteiger partial charge is 0.242 e. The van der Waals surface area contributed by atoms with E-state index in [1.165, 1.54) is 0 Å². The lowest BCUT2D eigenvalue weighted by Crippen LogP contribution is -2.18. The van der Waals surface area contributed by atoms with Gasteiger partial charge in [-0.3, -0.25) is 0 Å². The summed E-state index contributed by atoms with van der Waals surface area (Å²) < 4.78 is 0. The molecule has 0 saturated carbocycles. The van der Waals surface area contributed by atoms with Crippen LogP contribution in [0.5, 0.6) is 0 Å². The van der Waals surface area contributed by atoms with Gasteiger partial charge >= 0.3 is 0 Å². The number of rotatable bonds is 8. The zero-order valence-corrected chi connectivity index (χ0v) is 11.1. The van der Waals surface area contributed by atoms with E-state index in [-0.39, 0.29) is 0 Å². The summed E-state index contributed by atoms with van der Waals surface area (Å²) in [5.41, 5.74) is 2.06. The molecule has 1 rings (SSSR count). The van der Waals surface area contributed by atoms with Crippen LogP contribution in [0.4, 0.5) is 5.95 Å². The fraction of sp³-hybridized carbons (Fsp3) is 0.750. The molecule has 1 aromatic rings. The average Bonchev–Trinajstić information content (AvgIpc) is 2.38. The topological polar surface area (TPSA) is 62.7 Å². The maximum absolute atomic E-state index is 4.47. The van der Waals surface area contributed by atoms with E-state index < -0.39 is 0 Å². The van der Waals surface area contributed by atoms with Gasteiger partial charge in [-0.25, -0.2) is 4.98 Å². The van der Waals surface area contributed by atoms with Crippen molar-refractivity contribution in [3.05, 3.63) is 11.4 Å². The van der Waals surface area contributed by atoms with Crippen molar-refractivity contribution < 1.29 is 0 Å². The van der Waals surface area contributed by atoms with Gasteiger partial charge in [-0.15, -0.1) is 5.10 Å². The van der Waals surface area contributed by atoms with Crippen LogP contribution in [0.2, 0.25) is 0 Å². The molecule has 1 aromatic heterocycles. The van der Waals surface area contributed by atoms with E-state index in [1.54, 1.807) is 0 Å². The van der Waals surface area contributed by atoms with Crippen LogP contribution >= 0.6 is 0 Å². The number of aryl methyl sites for hydroxylation is 2. The third-order valence-corrected chi connectivity index (χ3v) is 2.57. The standard InChI is InChI=1S/C12H23N5/c1-4-10-11(5-2)16-17-12(15-10)14-9-7-8-13-6-3/h13H,4-9H2,1-3H3,(H,14,15,17). The largest absolute Gasteiger partial charge is 0.353 e. The minimum Gasteiger partial charge on any atom is -0.353 e. The van der Waals surface area contributed by atoms with Gasteiger partial charge in [0.2, 0.25) is 5.95 Å². The van der Waals surface area contributed by atoms with Crippen LogP contribution in [0.1, 0.15) is 38.6 Å². The highest BCUT2D eigenvalue weighted by atomic mass is 15.2. The zero-order chi connectivity index (χ0) is 12.5. The lowest BCUT2D eigenvalue weighted by atomic mass is 10.2. The first-order valence-corrected chi connectivity index (χ1v) is 6.48. The molecule has 17 heavy (non-hydrogen) atoms. The molecule has 0 unspecified atom stereocenters. The van der Waals surface area contributed by atoms with E-state index >= 15 is 0 Å². The SMILES string of the molecule is CCNCCCNc1nnc(CC)c(CC)n1. The minimum absolute atomic E-state index is 0.649. The number of nitrogens with zero attached hydrogens (tertiary/aromatic N) is 3. The summed E-state index contributed by atoms with van der Waals surface area (Å²) in [6, 6.07) is 0. The molecule has 96 valence electrons. The molecule has 0 atom stereocenters. The van der Waals surface area contributed by atoms with Crippen molar-refractivity contribution in [3.63, 3.8) is 0 Å². The molecular formula is C12H23N5. The normalized spacial score (nSPS) is 10.5. The first-order valence-electron chi connectivity index (χ1n) is 6.48. The van der Waals surface area contributed by atoms with Crippen molar-refractivity contribution in [1.29, 1.82) is 0 Å². The Labute approximate surface area is 103 Å². The Hall–Kier alpha value is -1.23. The van der Waals surface area contributed by atoms with E-state index in [0.717, 1.165) is 50.3 Å². The Kier molecular flexibility index (Phi) is 6.47. The van der Waals surface area contributed by atoms with E-state index in [2.05, 4.69) is 46.6 Å². The summed E-state index contributed by atoms with van der Waals surface area (Å²) in [4.78, 5) is 4.47. The lowest BCUT2D eigenvalue weighted by Gasteiger charge is -2.07. The molecule has 0 bridgehead atoms. The van der Waals surface area contributed by atoms with Gasteiger partial charge in [0.05, 0.1) is 11.4 Å². The molecule has 5 nitrogen and oxygen atoms in total. The second-order valence-electron chi connectivity index (χ2n) is 3.87. The Morgan fingerprint density at radius 2 is 1.71 bits per heavy atom. The predicted molar refractivity (Wildman–Crippen MR) is 70.2 cm³/mol. The molecule has 0 saturated heterocycles. The van der Waals surface area contributed by atoms with Crippen LogP contribution in [0.3, 0.4) is 0 Å². The second kappa shape index (κ2) is 7.95. The van der Waals surface area contributed by atoms with Gasteiger partial charge < -0.3 is 10.6 Å². The molecule has 2 N–H and O–H groups in total. The Balaban J connectivity index is 2.43. The molecule has 0 radical (unpaired) electrons. The molecule has 0 spiro atoms. The van der Waals surface area contributed by atoms with Crippen LogP contribution in [0, 0.1) is 0 Å². The second-order valence-corrected chi connectivity index (χ2v) is 3.87. The van der Waals surface area contributed by atoms with Crippen LogP contribution < -0.4 is 10.6 Å². The first kappa shape index (κ1) is 13.8. The summed E-state index contributed by atoms with van der Waals surface area (Å²) in [7, 11) is 0. The highest BCUT2D eigenvalue weighted by Crippen LogP contribution is 2.06. The highest BCUT2D eigenvalue weighted by Gasteiger charge is 2.05. The van der Waals surface area contributed by atoms with Crippen LogP contribution in [0.25, 0.3) is 0 Å². The van der Waals surface area contributed by atoms with Gasteiger partial charge in [-0.2, -0.15) is 5.10 Å². The third kappa shape index (κ3) is 4.65. The summed E-state index contributed by atoms with van der Waals surface area (Å²) in [5, 5.41) is 14.8. The number of nitrogens with one attached hydrogen (secondary N) is 2. The number of aromatic nitrogens is 3. The third-order valence-electron chi connectivity index (χ3n) is 2.57. The van der Waals surface area contributed by atoms with Gasteiger partial charge in [0.15, 0.2) is 0 Å². The molecule has 0 aliphatic carbocycles. The molecule has 1 heterocycles. The Bertz CT molecular complexity index is 327. The average molecular weight is 237 g/mol. The van der Waals surface area contributed by atoms with E-state index in [1.807, 2.05) is 0 Å². The van der Waals surface area contributed by atoms with Crippen LogP contribution in [-0.2, 0) is 12.8 Å². The number of hydrogen-bond acceptors (Lipinski definition) is 5. The van der Waals surface area contributed by atoms with E-state index in [9.17, 15) is 0 Å². The monoisotopic (exact) mass is 237 g/mol. The number of hydrogen-bond donors (Lipinski definition) is 2. The maximum atomic E-state index is 4.47. The maximum Gasteiger partial charge on any atom is 0.242 e. The predicted octanol–water partition coefficient (Wildman–Crippen LogP) is 1.41. The van der Waals surface area contributed by atoms with Gasteiger partial charge in [0, 0.05) is 6.54 Å². The number of anilines is 1. The van der Waals surface area contributed by atoms with E-state index in [4.69, 9.17) is 0 Å². The van der Waals surface area contributed by atoms with Crippen molar-refractivity contribution in [2.45, 2.75) is 40.0 Å². The van der Waals surface area contributed by atoms with Crippen molar-refractivity contribution in [2.75, 3.05) is 25.0 Å². The molecular weight excluding hydrogens is 214 g/mol. The summed E-state index contributed by atoms with van der Waals surface area (Å²) >= 11 is 0. The first-order chi connectivity index (χ1) is 8.31. The highest BCUT2D eigenvalue weighted by molar-refractivity contribution is 5.25. The lowest BCUT2D eigenvalue weighted by molar-refractivity contribution is 0.685. The van der Waals surface area contributed by atoms with E-state index in [0.29, 0.717) is 5.95 Å². The molecule has 0 aliphatic heterocycles. The zero-order valence-electron chi connectivity index (χ0n) is 11.1. The van der Waals surface area contributed by atoms with Gasteiger partial charge in [-0.05, 0) is 32.4 Å². The van der Waals surface area contributed by atoms with Gasteiger partial charge in [0.25, 0.3) is 0 Å². The van der Waals surface area contributed by atoms with Crippen LogP contribution in [0.15, 0.2) is 0 Å². The minimum atomic E-state index is 0.649. The van der Waals surface area contributed by atoms with Gasteiger partial charge in [-0.1, -0.05) is 20.8 Å². The van der Waals surface area contributed by atoms with Crippen molar-refractivity contribution >= 4 is 5.95 Å². The molecule has 0 fully saturated rings. The molecule has 0 aliphatic rings. The van der Waals surface area contributed by atoms with Crippen molar-refractivity contribution in [1.82, 2.24) is 20.5 Å². The van der Waals surface area contributed by atoms with Crippen molar-refractivity contribution in [3.8, 4) is 0 Å². The molecule has 5 heteroatoms. The van der Waals surface area contributed by atoms with Crippen LogP contribution in [-0.4, -0.2) is 34.8 Å². The summed E-state index contributed by atoms with van der Waals surface area (Å²) in [5.74, 6) is 0.649.